The largest absolute Gasteiger partial charge is 0.496 e. The lowest BCUT2D eigenvalue weighted by molar-refractivity contribution is -0.142. The van der Waals surface area contributed by atoms with Crippen molar-refractivity contribution in [1.82, 2.24) is 4.90 Å². The third-order valence-electron chi connectivity index (χ3n) is 3.17. The van der Waals surface area contributed by atoms with E-state index in [4.69, 9.17) is 4.74 Å². The monoisotopic (exact) mass is 259 g/mol. The molecule has 0 bridgehead atoms. The van der Waals surface area contributed by atoms with Crippen LogP contribution in [0.15, 0.2) is 36.4 Å². The van der Waals surface area contributed by atoms with E-state index in [1.54, 1.807) is 26.1 Å². The Morgan fingerprint density at radius 1 is 1.21 bits per heavy atom. The minimum atomic E-state index is -0.889. The molecule has 4 nitrogen and oxygen atoms in total. The maximum Gasteiger partial charge on any atom is 0.325 e. The minimum absolute atomic E-state index is 0.597. The molecule has 1 N–H and O–H groups in total. The van der Waals surface area contributed by atoms with Crippen molar-refractivity contribution in [1.29, 1.82) is 0 Å². The number of methoxy groups -OCH3 is 1. The fourth-order valence-corrected chi connectivity index (χ4v) is 2.34. The fraction of sp³-hybridized carbons (Fsp3) is 0.267. The van der Waals surface area contributed by atoms with E-state index >= 15 is 0 Å². The van der Waals surface area contributed by atoms with Gasteiger partial charge in [0.2, 0.25) is 0 Å². The van der Waals surface area contributed by atoms with Crippen molar-refractivity contribution >= 4 is 16.7 Å². The highest BCUT2D eigenvalue weighted by Gasteiger charge is 2.27. The average Bonchev–Trinajstić information content (AvgIpc) is 2.38. The number of benzene rings is 2. The molecule has 2 aromatic carbocycles. The van der Waals surface area contributed by atoms with Crippen LogP contribution in [0.2, 0.25) is 0 Å². The molecule has 0 spiro atoms. The van der Waals surface area contributed by atoms with Crippen LogP contribution in [-0.2, 0) is 4.79 Å². The summed E-state index contributed by atoms with van der Waals surface area (Å²) in [6.07, 6.45) is 0. The van der Waals surface area contributed by atoms with Gasteiger partial charge in [0, 0.05) is 5.56 Å². The summed E-state index contributed by atoms with van der Waals surface area (Å²) in [6, 6.07) is 10.7. The quantitative estimate of drug-likeness (QED) is 0.916. The molecule has 0 amide bonds. The second-order valence-electron chi connectivity index (χ2n) is 4.61. The number of carboxylic acid groups (broad SMARTS) is 1. The third-order valence-corrected chi connectivity index (χ3v) is 3.17. The molecule has 2 aromatic rings. The fourth-order valence-electron chi connectivity index (χ4n) is 2.34. The maximum atomic E-state index is 11.6. The van der Waals surface area contributed by atoms with Gasteiger partial charge in [-0.15, -0.1) is 0 Å². The van der Waals surface area contributed by atoms with Gasteiger partial charge in [-0.2, -0.15) is 0 Å². The van der Waals surface area contributed by atoms with Gasteiger partial charge in [-0.25, -0.2) is 0 Å². The normalized spacial score (nSPS) is 12.6. The van der Waals surface area contributed by atoms with Crippen molar-refractivity contribution < 1.29 is 14.6 Å². The average molecular weight is 259 g/mol. The van der Waals surface area contributed by atoms with Crippen molar-refractivity contribution in [3.05, 3.63) is 42.0 Å². The number of hydrogen-bond acceptors (Lipinski definition) is 3. The van der Waals surface area contributed by atoms with E-state index in [-0.39, 0.29) is 0 Å². The van der Waals surface area contributed by atoms with E-state index < -0.39 is 12.0 Å². The van der Waals surface area contributed by atoms with Gasteiger partial charge >= 0.3 is 5.97 Å². The number of hydrogen-bond donors (Lipinski definition) is 1. The molecule has 0 saturated heterocycles. The predicted molar refractivity (Wildman–Crippen MR) is 74.6 cm³/mol. The van der Waals surface area contributed by atoms with Crippen molar-refractivity contribution in [2.75, 3.05) is 21.2 Å². The van der Waals surface area contributed by atoms with Gasteiger partial charge in [-0.3, -0.25) is 9.69 Å². The van der Waals surface area contributed by atoms with E-state index in [1.807, 2.05) is 36.4 Å². The molecule has 1 atom stereocenters. The summed E-state index contributed by atoms with van der Waals surface area (Å²) in [5.41, 5.74) is 0.693. The number of likely N-dealkylation sites (N-methyl/N-ethyl adjacent to an activating group) is 1. The summed E-state index contributed by atoms with van der Waals surface area (Å²) >= 11 is 0. The van der Waals surface area contributed by atoms with Crippen LogP contribution in [0.4, 0.5) is 0 Å². The number of carboxylic acids is 1. The number of fused-ring (bicyclic) bond motifs is 1. The molecule has 0 aromatic heterocycles. The van der Waals surface area contributed by atoms with E-state index in [1.165, 1.54) is 0 Å². The van der Waals surface area contributed by atoms with E-state index in [0.717, 1.165) is 10.8 Å². The molecular formula is C15H17NO3. The van der Waals surface area contributed by atoms with E-state index in [9.17, 15) is 9.90 Å². The second kappa shape index (κ2) is 5.28. The van der Waals surface area contributed by atoms with Crippen molar-refractivity contribution in [3.8, 4) is 5.75 Å². The Labute approximate surface area is 112 Å². The molecule has 0 aliphatic heterocycles. The molecule has 19 heavy (non-hydrogen) atoms. The van der Waals surface area contributed by atoms with Gasteiger partial charge in [-0.1, -0.05) is 30.3 Å². The lowest BCUT2D eigenvalue weighted by atomic mass is 9.97. The summed E-state index contributed by atoms with van der Waals surface area (Å²) in [4.78, 5) is 13.2. The van der Waals surface area contributed by atoms with Gasteiger partial charge in [-0.05, 0) is 30.9 Å². The zero-order valence-electron chi connectivity index (χ0n) is 11.3. The second-order valence-corrected chi connectivity index (χ2v) is 4.61. The van der Waals surface area contributed by atoms with Crippen LogP contribution in [0.1, 0.15) is 11.6 Å². The first-order valence-corrected chi connectivity index (χ1v) is 6.01. The van der Waals surface area contributed by atoms with Crippen LogP contribution in [0.5, 0.6) is 5.75 Å². The Morgan fingerprint density at radius 3 is 2.47 bits per heavy atom. The minimum Gasteiger partial charge on any atom is -0.496 e. The number of aliphatic carboxylic acids is 1. The van der Waals surface area contributed by atoms with Crippen molar-refractivity contribution in [2.45, 2.75) is 6.04 Å². The predicted octanol–water partition coefficient (Wildman–Crippen LogP) is 2.54. The maximum absolute atomic E-state index is 11.6. The number of nitrogens with zero attached hydrogens (tertiary/aromatic N) is 1. The van der Waals surface area contributed by atoms with Crippen LogP contribution in [0.3, 0.4) is 0 Å². The van der Waals surface area contributed by atoms with E-state index in [2.05, 4.69) is 0 Å². The molecule has 2 rings (SSSR count). The van der Waals surface area contributed by atoms with Crippen LogP contribution in [-0.4, -0.2) is 37.2 Å². The molecule has 4 heteroatoms. The van der Waals surface area contributed by atoms with Gasteiger partial charge < -0.3 is 9.84 Å². The van der Waals surface area contributed by atoms with Gasteiger partial charge in [0.25, 0.3) is 0 Å². The summed E-state index contributed by atoms with van der Waals surface area (Å²) in [6.45, 7) is 0. The van der Waals surface area contributed by atoms with Gasteiger partial charge in [0.05, 0.1) is 7.11 Å². The smallest absolute Gasteiger partial charge is 0.325 e. The Hall–Kier alpha value is -2.07. The summed E-state index contributed by atoms with van der Waals surface area (Å²) in [5, 5.41) is 11.4. The molecule has 0 saturated carbocycles. The molecule has 0 heterocycles. The van der Waals surface area contributed by atoms with Crippen LogP contribution in [0, 0.1) is 0 Å². The third kappa shape index (κ3) is 2.39. The Kier molecular flexibility index (Phi) is 3.71. The molecular weight excluding hydrogens is 242 g/mol. The van der Waals surface area contributed by atoms with Crippen LogP contribution < -0.4 is 4.74 Å². The first kappa shape index (κ1) is 13.4. The van der Waals surface area contributed by atoms with Gasteiger partial charge in [0.15, 0.2) is 0 Å². The molecule has 0 aliphatic carbocycles. The Morgan fingerprint density at radius 2 is 1.89 bits per heavy atom. The first-order valence-electron chi connectivity index (χ1n) is 6.01. The number of ether oxygens (including phenoxy) is 1. The molecule has 0 radical (unpaired) electrons. The lowest BCUT2D eigenvalue weighted by Crippen LogP contribution is -2.28. The Balaban J connectivity index is 2.77. The lowest BCUT2D eigenvalue weighted by Gasteiger charge is -2.24. The highest BCUT2D eigenvalue weighted by Crippen LogP contribution is 2.35. The van der Waals surface area contributed by atoms with Crippen molar-refractivity contribution in [3.63, 3.8) is 0 Å². The number of rotatable bonds is 4. The standard InChI is InChI=1S/C15H17NO3/c1-16(2)14(15(17)18)13-11-7-5-4-6-10(11)8-9-12(13)19-3/h4-9,14H,1-3H3,(H,17,18). The van der Waals surface area contributed by atoms with Crippen LogP contribution in [0.25, 0.3) is 10.8 Å². The number of carbonyl (C=O) groups is 1. The molecule has 0 aliphatic rings. The zero-order chi connectivity index (χ0) is 14.0. The summed E-state index contributed by atoms with van der Waals surface area (Å²) in [5.74, 6) is -0.292. The highest BCUT2D eigenvalue weighted by atomic mass is 16.5. The summed E-state index contributed by atoms with van der Waals surface area (Å²) < 4.78 is 5.34. The SMILES string of the molecule is COc1ccc2ccccc2c1C(C(=O)O)N(C)C. The van der Waals surface area contributed by atoms with E-state index in [0.29, 0.717) is 11.3 Å². The topological polar surface area (TPSA) is 49.8 Å². The van der Waals surface area contributed by atoms with Crippen LogP contribution >= 0.6 is 0 Å². The van der Waals surface area contributed by atoms with Gasteiger partial charge in [0.1, 0.15) is 11.8 Å². The zero-order valence-corrected chi connectivity index (χ0v) is 11.3. The molecule has 100 valence electrons. The molecule has 1 unspecified atom stereocenters. The first-order chi connectivity index (χ1) is 9.06. The Bertz CT molecular complexity index is 607. The summed E-state index contributed by atoms with van der Waals surface area (Å²) in [7, 11) is 5.06. The molecule has 0 fully saturated rings. The highest BCUT2D eigenvalue weighted by molar-refractivity contribution is 5.92. The van der Waals surface area contributed by atoms with Crippen molar-refractivity contribution in [2.24, 2.45) is 0 Å².